The largest absolute Gasteiger partial charge is 0.478 e. The third-order valence-corrected chi connectivity index (χ3v) is 2.93. The van der Waals surface area contributed by atoms with E-state index in [2.05, 4.69) is 9.97 Å². The summed E-state index contributed by atoms with van der Waals surface area (Å²) < 4.78 is 19.4. The minimum atomic E-state index is -0.300. The van der Waals surface area contributed by atoms with Gasteiger partial charge < -0.3 is 15.4 Å². The summed E-state index contributed by atoms with van der Waals surface area (Å²) in [6.45, 7) is 3.48. The van der Waals surface area contributed by atoms with Crippen LogP contribution in [-0.2, 0) is 0 Å². The Kier molecular flexibility index (Phi) is 5.45. The minimum absolute atomic E-state index is 0.300. The lowest BCUT2D eigenvalue weighted by Crippen LogP contribution is -2.23. The maximum absolute atomic E-state index is 14.1. The van der Waals surface area contributed by atoms with E-state index in [0.29, 0.717) is 37.1 Å². The molecule has 0 unspecified atom stereocenters. The van der Waals surface area contributed by atoms with Gasteiger partial charge in [0, 0.05) is 12.6 Å². The van der Waals surface area contributed by atoms with Gasteiger partial charge in [-0.1, -0.05) is 12.1 Å². The first-order valence-electron chi connectivity index (χ1n) is 6.93. The first-order chi connectivity index (χ1) is 10.3. The second kappa shape index (κ2) is 7.54. The molecule has 0 radical (unpaired) electrons. The number of hydrogen-bond donors (Lipinski definition) is 1. The molecule has 0 saturated heterocycles. The minimum Gasteiger partial charge on any atom is -0.478 e. The van der Waals surface area contributed by atoms with Crippen LogP contribution in [0.5, 0.6) is 5.88 Å². The molecule has 5 nitrogen and oxygen atoms in total. The Morgan fingerprint density at radius 2 is 2.10 bits per heavy atom. The summed E-state index contributed by atoms with van der Waals surface area (Å²) in [7, 11) is 0. The molecule has 0 amide bonds. The number of benzene rings is 1. The third kappa shape index (κ3) is 3.88. The van der Waals surface area contributed by atoms with Gasteiger partial charge in [0.1, 0.15) is 18.0 Å². The van der Waals surface area contributed by atoms with Crippen molar-refractivity contribution >= 4 is 11.5 Å². The molecule has 0 atom stereocenters. The van der Waals surface area contributed by atoms with E-state index in [4.69, 9.17) is 10.5 Å². The van der Waals surface area contributed by atoms with E-state index in [9.17, 15) is 4.39 Å². The molecular formula is C15H19FN4O. The molecule has 2 N–H and O–H groups in total. The summed E-state index contributed by atoms with van der Waals surface area (Å²) >= 11 is 0. The number of aromatic nitrogens is 2. The van der Waals surface area contributed by atoms with Gasteiger partial charge in [-0.05, 0) is 32.0 Å². The van der Waals surface area contributed by atoms with Crippen LogP contribution in [0.1, 0.15) is 13.3 Å². The van der Waals surface area contributed by atoms with Crippen molar-refractivity contribution in [1.82, 2.24) is 9.97 Å². The smallest absolute Gasteiger partial charge is 0.218 e. The van der Waals surface area contributed by atoms with Crippen LogP contribution >= 0.6 is 0 Å². The third-order valence-electron chi connectivity index (χ3n) is 2.93. The maximum atomic E-state index is 14.1. The molecule has 0 aliphatic carbocycles. The lowest BCUT2D eigenvalue weighted by molar-refractivity contribution is 0.326. The Hall–Kier alpha value is -2.21. The SMILES string of the molecule is CCOc1cc(N(CCCN)c2ccccc2F)ncn1. The van der Waals surface area contributed by atoms with Crippen molar-refractivity contribution in [2.45, 2.75) is 13.3 Å². The van der Waals surface area contributed by atoms with Gasteiger partial charge in [0.05, 0.1) is 12.3 Å². The first kappa shape index (κ1) is 15.2. The van der Waals surface area contributed by atoms with Gasteiger partial charge in [-0.15, -0.1) is 0 Å². The van der Waals surface area contributed by atoms with Gasteiger partial charge in [-0.2, -0.15) is 0 Å². The Morgan fingerprint density at radius 3 is 2.81 bits per heavy atom. The van der Waals surface area contributed by atoms with Crippen LogP contribution in [0.3, 0.4) is 0 Å². The van der Waals surface area contributed by atoms with Gasteiger partial charge in [0.15, 0.2) is 0 Å². The highest BCUT2D eigenvalue weighted by molar-refractivity contribution is 5.61. The first-order valence-corrected chi connectivity index (χ1v) is 6.93. The molecule has 112 valence electrons. The molecule has 0 fully saturated rings. The predicted molar refractivity (Wildman–Crippen MR) is 80.3 cm³/mol. The number of anilines is 2. The van der Waals surface area contributed by atoms with Crippen LogP contribution in [0.15, 0.2) is 36.7 Å². The number of nitrogens with zero attached hydrogens (tertiary/aromatic N) is 3. The van der Waals surface area contributed by atoms with Crippen molar-refractivity contribution in [2.75, 3.05) is 24.6 Å². The topological polar surface area (TPSA) is 64.3 Å². The van der Waals surface area contributed by atoms with Crippen molar-refractivity contribution in [3.63, 3.8) is 0 Å². The Balaban J connectivity index is 2.36. The van der Waals surface area contributed by atoms with Gasteiger partial charge in [0.25, 0.3) is 0 Å². The highest BCUT2D eigenvalue weighted by Gasteiger charge is 2.15. The molecule has 2 rings (SSSR count). The number of nitrogens with two attached hydrogens (primary N) is 1. The monoisotopic (exact) mass is 290 g/mol. The normalized spacial score (nSPS) is 10.4. The molecule has 6 heteroatoms. The Bertz CT molecular complexity index is 579. The fourth-order valence-electron chi connectivity index (χ4n) is 1.98. The number of para-hydroxylation sites is 1. The van der Waals surface area contributed by atoms with Crippen LogP contribution in [0.25, 0.3) is 0 Å². The zero-order chi connectivity index (χ0) is 15.1. The van der Waals surface area contributed by atoms with Crippen molar-refractivity contribution < 1.29 is 9.13 Å². The van der Waals surface area contributed by atoms with E-state index >= 15 is 0 Å². The molecule has 0 spiro atoms. The molecule has 1 aromatic carbocycles. The maximum Gasteiger partial charge on any atom is 0.218 e. The number of rotatable bonds is 7. The molecule has 0 bridgehead atoms. The van der Waals surface area contributed by atoms with E-state index in [1.807, 2.05) is 6.92 Å². The van der Waals surface area contributed by atoms with E-state index in [0.717, 1.165) is 6.42 Å². The fourth-order valence-corrected chi connectivity index (χ4v) is 1.98. The Labute approximate surface area is 123 Å². The predicted octanol–water partition coefficient (Wildman–Crippen LogP) is 2.50. The zero-order valence-corrected chi connectivity index (χ0v) is 12.0. The molecule has 0 saturated carbocycles. The van der Waals surface area contributed by atoms with E-state index in [1.165, 1.54) is 12.4 Å². The van der Waals surface area contributed by atoms with Crippen LogP contribution in [0, 0.1) is 5.82 Å². The average Bonchev–Trinajstić information content (AvgIpc) is 2.50. The summed E-state index contributed by atoms with van der Waals surface area (Å²) in [6, 6.07) is 8.29. The molecule has 0 aliphatic rings. The quantitative estimate of drug-likeness (QED) is 0.848. The second-order valence-electron chi connectivity index (χ2n) is 4.39. The standard InChI is InChI=1S/C15H19FN4O/c1-2-21-15-10-14(18-11-19-15)20(9-5-8-17)13-7-4-3-6-12(13)16/h3-4,6-7,10-11H,2,5,8-9,17H2,1H3. The lowest BCUT2D eigenvalue weighted by atomic mass is 10.2. The van der Waals surface area contributed by atoms with E-state index < -0.39 is 0 Å². The Morgan fingerprint density at radius 1 is 1.29 bits per heavy atom. The summed E-state index contributed by atoms with van der Waals surface area (Å²) in [5.74, 6) is 0.759. The van der Waals surface area contributed by atoms with Crippen molar-refractivity contribution in [3.05, 3.63) is 42.5 Å². The average molecular weight is 290 g/mol. The number of ether oxygens (including phenoxy) is 1. The van der Waals surface area contributed by atoms with Gasteiger partial charge in [-0.3, -0.25) is 0 Å². The zero-order valence-electron chi connectivity index (χ0n) is 12.0. The number of halogens is 1. The van der Waals surface area contributed by atoms with Gasteiger partial charge in [-0.25, -0.2) is 14.4 Å². The highest BCUT2D eigenvalue weighted by Crippen LogP contribution is 2.27. The van der Waals surface area contributed by atoms with E-state index in [1.54, 1.807) is 29.2 Å². The van der Waals surface area contributed by atoms with Gasteiger partial charge >= 0.3 is 0 Å². The van der Waals surface area contributed by atoms with Gasteiger partial charge in [0.2, 0.25) is 5.88 Å². The fraction of sp³-hybridized carbons (Fsp3) is 0.333. The van der Waals surface area contributed by atoms with Crippen molar-refractivity contribution in [3.8, 4) is 5.88 Å². The van der Waals surface area contributed by atoms with Crippen LogP contribution in [0.4, 0.5) is 15.9 Å². The molecule has 0 aliphatic heterocycles. The number of hydrogen-bond acceptors (Lipinski definition) is 5. The molecule has 1 heterocycles. The molecule has 21 heavy (non-hydrogen) atoms. The highest BCUT2D eigenvalue weighted by atomic mass is 19.1. The van der Waals surface area contributed by atoms with Crippen molar-refractivity contribution in [1.29, 1.82) is 0 Å². The molecule has 1 aromatic heterocycles. The van der Waals surface area contributed by atoms with Crippen molar-refractivity contribution in [2.24, 2.45) is 5.73 Å². The lowest BCUT2D eigenvalue weighted by Gasteiger charge is -2.24. The summed E-state index contributed by atoms with van der Waals surface area (Å²) in [5.41, 5.74) is 6.04. The van der Waals surface area contributed by atoms with E-state index in [-0.39, 0.29) is 5.82 Å². The summed E-state index contributed by atoms with van der Waals surface area (Å²) in [6.07, 6.45) is 2.14. The van der Waals surface area contributed by atoms with Crippen LogP contribution in [0.2, 0.25) is 0 Å². The van der Waals surface area contributed by atoms with Crippen LogP contribution in [-0.4, -0.2) is 29.7 Å². The summed E-state index contributed by atoms with van der Waals surface area (Å²) in [5, 5.41) is 0. The molecular weight excluding hydrogens is 271 g/mol. The molecule has 2 aromatic rings. The summed E-state index contributed by atoms with van der Waals surface area (Å²) in [4.78, 5) is 10.0. The second-order valence-corrected chi connectivity index (χ2v) is 4.39. The van der Waals surface area contributed by atoms with Crippen LogP contribution < -0.4 is 15.4 Å².